The van der Waals surface area contributed by atoms with Gasteiger partial charge in [0.25, 0.3) is 0 Å². The van der Waals surface area contributed by atoms with Gasteiger partial charge in [-0.15, -0.1) is 0 Å². The number of amides is 2. The van der Waals surface area contributed by atoms with Crippen molar-refractivity contribution in [1.82, 2.24) is 10.4 Å². The van der Waals surface area contributed by atoms with Crippen molar-refractivity contribution in [2.24, 2.45) is 0 Å². The van der Waals surface area contributed by atoms with Crippen molar-refractivity contribution in [1.29, 1.82) is 0 Å². The van der Waals surface area contributed by atoms with Crippen LogP contribution in [0, 0.1) is 0 Å². The van der Waals surface area contributed by atoms with Gasteiger partial charge in [-0.1, -0.05) is 96.6 Å². The van der Waals surface area contributed by atoms with E-state index in [0.29, 0.717) is 13.0 Å². The summed E-state index contributed by atoms with van der Waals surface area (Å²) < 4.78 is 0. The SMILES string of the molecule is CCCCCCC=CCCCCCCCCCC(=O)N(CCCCCC)NC(C)=O. The van der Waals surface area contributed by atoms with Crippen LogP contribution in [0.3, 0.4) is 0 Å². The zero-order chi connectivity index (χ0) is 22.3. The van der Waals surface area contributed by atoms with E-state index < -0.39 is 0 Å². The van der Waals surface area contributed by atoms with Crippen LogP contribution in [0.2, 0.25) is 0 Å². The molecule has 0 heterocycles. The molecule has 0 unspecified atom stereocenters. The molecular formula is C26H50N2O2. The lowest BCUT2D eigenvalue weighted by Gasteiger charge is -2.22. The maximum absolute atomic E-state index is 12.4. The smallest absolute Gasteiger partial charge is 0.240 e. The van der Waals surface area contributed by atoms with Crippen LogP contribution in [0.4, 0.5) is 0 Å². The lowest BCUT2D eigenvalue weighted by molar-refractivity contribution is -0.140. The van der Waals surface area contributed by atoms with E-state index in [0.717, 1.165) is 25.7 Å². The normalized spacial score (nSPS) is 11.2. The lowest BCUT2D eigenvalue weighted by atomic mass is 10.1. The maximum atomic E-state index is 12.4. The van der Waals surface area contributed by atoms with Gasteiger partial charge >= 0.3 is 0 Å². The Morgan fingerprint density at radius 3 is 1.67 bits per heavy atom. The predicted molar refractivity (Wildman–Crippen MR) is 129 cm³/mol. The van der Waals surface area contributed by atoms with Gasteiger partial charge in [0.2, 0.25) is 11.8 Å². The number of hydrogen-bond donors (Lipinski definition) is 1. The third kappa shape index (κ3) is 20.0. The van der Waals surface area contributed by atoms with Crippen molar-refractivity contribution in [2.75, 3.05) is 6.54 Å². The van der Waals surface area contributed by atoms with E-state index in [2.05, 4.69) is 31.4 Å². The molecule has 0 atom stereocenters. The number of carbonyl (C=O) groups is 2. The van der Waals surface area contributed by atoms with Gasteiger partial charge in [0, 0.05) is 19.9 Å². The molecule has 0 spiro atoms. The van der Waals surface area contributed by atoms with E-state index in [1.54, 1.807) is 0 Å². The molecule has 1 N–H and O–H groups in total. The Hall–Kier alpha value is -1.32. The van der Waals surface area contributed by atoms with Crippen LogP contribution in [0.5, 0.6) is 0 Å². The van der Waals surface area contributed by atoms with Gasteiger partial charge in [-0.3, -0.25) is 20.0 Å². The van der Waals surface area contributed by atoms with E-state index in [4.69, 9.17) is 0 Å². The molecule has 0 aliphatic carbocycles. The maximum Gasteiger partial charge on any atom is 0.240 e. The molecule has 0 bridgehead atoms. The quantitative estimate of drug-likeness (QED) is 0.125. The zero-order valence-electron chi connectivity index (χ0n) is 20.4. The number of allylic oxidation sites excluding steroid dienone is 2. The fraction of sp³-hybridized carbons (Fsp3) is 0.846. The average Bonchev–Trinajstić information content (AvgIpc) is 2.72. The fourth-order valence-electron chi connectivity index (χ4n) is 3.61. The molecule has 30 heavy (non-hydrogen) atoms. The zero-order valence-corrected chi connectivity index (χ0v) is 20.4. The van der Waals surface area contributed by atoms with Crippen molar-refractivity contribution in [3.63, 3.8) is 0 Å². The van der Waals surface area contributed by atoms with Gasteiger partial charge < -0.3 is 0 Å². The van der Waals surface area contributed by atoms with Gasteiger partial charge in [0.15, 0.2) is 0 Å². The molecule has 0 aromatic heterocycles. The highest BCUT2D eigenvalue weighted by Gasteiger charge is 2.13. The minimum Gasteiger partial charge on any atom is -0.274 e. The average molecular weight is 423 g/mol. The Kier molecular flexibility index (Phi) is 21.4. The Morgan fingerprint density at radius 2 is 1.13 bits per heavy atom. The monoisotopic (exact) mass is 422 g/mol. The van der Waals surface area contributed by atoms with Crippen LogP contribution < -0.4 is 5.43 Å². The van der Waals surface area contributed by atoms with E-state index in [9.17, 15) is 9.59 Å². The lowest BCUT2D eigenvalue weighted by Crippen LogP contribution is -2.45. The molecular weight excluding hydrogens is 372 g/mol. The third-order valence-corrected chi connectivity index (χ3v) is 5.48. The van der Waals surface area contributed by atoms with Crippen molar-refractivity contribution in [3.05, 3.63) is 12.2 Å². The van der Waals surface area contributed by atoms with Crippen LogP contribution in [-0.2, 0) is 9.59 Å². The summed E-state index contributed by atoms with van der Waals surface area (Å²) in [6.45, 7) is 6.53. The van der Waals surface area contributed by atoms with E-state index in [-0.39, 0.29) is 11.8 Å². The molecule has 0 fully saturated rings. The Morgan fingerprint density at radius 1 is 0.667 bits per heavy atom. The van der Waals surface area contributed by atoms with Gasteiger partial charge in [0.1, 0.15) is 0 Å². The van der Waals surface area contributed by atoms with Gasteiger partial charge in [-0.25, -0.2) is 0 Å². The molecule has 0 rings (SSSR count). The van der Waals surface area contributed by atoms with Crippen LogP contribution in [0.25, 0.3) is 0 Å². The molecule has 0 aliphatic heterocycles. The van der Waals surface area contributed by atoms with Crippen molar-refractivity contribution in [3.8, 4) is 0 Å². The summed E-state index contributed by atoms with van der Waals surface area (Å²) in [7, 11) is 0. The van der Waals surface area contributed by atoms with Gasteiger partial charge in [0.05, 0.1) is 0 Å². The summed E-state index contributed by atoms with van der Waals surface area (Å²) in [6, 6.07) is 0. The number of hydrogen-bond acceptors (Lipinski definition) is 2. The second-order valence-electron chi connectivity index (χ2n) is 8.61. The molecule has 4 nitrogen and oxygen atoms in total. The predicted octanol–water partition coefficient (Wildman–Crippen LogP) is 7.48. The van der Waals surface area contributed by atoms with Crippen molar-refractivity contribution < 1.29 is 9.59 Å². The minimum absolute atomic E-state index is 0.0585. The van der Waals surface area contributed by atoms with E-state index in [1.165, 1.54) is 95.4 Å². The highest BCUT2D eigenvalue weighted by molar-refractivity contribution is 5.80. The number of rotatable bonds is 20. The van der Waals surface area contributed by atoms with Gasteiger partial charge in [-0.05, 0) is 38.5 Å². The third-order valence-electron chi connectivity index (χ3n) is 5.48. The van der Waals surface area contributed by atoms with Crippen LogP contribution in [-0.4, -0.2) is 23.4 Å². The van der Waals surface area contributed by atoms with E-state index in [1.807, 2.05) is 0 Å². The molecule has 4 heteroatoms. The molecule has 0 aliphatic rings. The largest absolute Gasteiger partial charge is 0.274 e. The summed E-state index contributed by atoms with van der Waals surface area (Å²) >= 11 is 0. The second-order valence-corrected chi connectivity index (χ2v) is 8.61. The first kappa shape index (κ1) is 28.7. The van der Waals surface area contributed by atoms with Gasteiger partial charge in [-0.2, -0.15) is 0 Å². The summed E-state index contributed by atoms with van der Waals surface area (Å²) in [5, 5.41) is 1.54. The minimum atomic E-state index is -0.162. The first-order valence-corrected chi connectivity index (χ1v) is 12.8. The first-order valence-electron chi connectivity index (χ1n) is 12.8. The van der Waals surface area contributed by atoms with Crippen LogP contribution in [0.1, 0.15) is 136 Å². The topological polar surface area (TPSA) is 49.4 Å². The molecule has 0 radical (unpaired) electrons. The highest BCUT2D eigenvalue weighted by Crippen LogP contribution is 2.11. The second kappa shape index (κ2) is 22.4. The summed E-state index contributed by atoms with van der Waals surface area (Å²) in [6.07, 6.45) is 25.9. The number of unbranched alkanes of at least 4 members (excludes halogenated alkanes) is 14. The van der Waals surface area contributed by atoms with Crippen LogP contribution >= 0.6 is 0 Å². The fourth-order valence-corrected chi connectivity index (χ4v) is 3.61. The van der Waals surface area contributed by atoms with Crippen LogP contribution in [0.15, 0.2) is 12.2 Å². The summed E-state index contributed by atoms with van der Waals surface area (Å²) in [5.74, 6) is -0.103. The molecule has 0 aromatic rings. The molecule has 0 saturated carbocycles. The molecule has 2 amide bonds. The van der Waals surface area contributed by atoms with Crippen molar-refractivity contribution >= 4 is 11.8 Å². The molecule has 0 saturated heterocycles. The highest BCUT2D eigenvalue weighted by atomic mass is 16.2. The molecule has 0 aromatic carbocycles. The Bertz CT molecular complexity index is 435. The number of nitrogens with zero attached hydrogens (tertiary/aromatic N) is 1. The first-order chi connectivity index (χ1) is 14.6. The standard InChI is InChI=1S/C26H50N2O2/c1-4-6-8-10-11-12-13-14-15-16-17-18-19-20-21-23-26(30)28(27-25(3)29)24-22-9-7-5-2/h12-13H,4-11,14-24H2,1-3H3,(H,27,29). The van der Waals surface area contributed by atoms with E-state index >= 15 is 0 Å². The Labute approximate surface area is 187 Å². The number of carbonyl (C=O) groups excluding carboxylic acids is 2. The molecule has 176 valence electrons. The number of hydrazine groups is 1. The van der Waals surface area contributed by atoms with Crippen molar-refractivity contribution in [2.45, 2.75) is 136 Å². The summed E-state index contributed by atoms with van der Waals surface area (Å²) in [5.41, 5.74) is 2.70. The Balaban J connectivity index is 3.62. The summed E-state index contributed by atoms with van der Waals surface area (Å²) in [4.78, 5) is 23.7. The number of nitrogens with one attached hydrogen (secondary N) is 1.